The Morgan fingerprint density at radius 3 is 2.57 bits per heavy atom. The van der Waals surface area contributed by atoms with E-state index in [1.807, 2.05) is 31.2 Å². The molecule has 0 aliphatic heterocycles. The van der Waals surface area contributed by atoms with Crippen molar-refractivity contribution >= 4 is 29.1 Å². The van der Waals surface area contributed by atoms with E-state index in [0.717, 1.165) is 23.2 Å². The topological polar surface area (TPSA) is 102 Å². The molecule has 1 heterocycles. The molecular weight excluding hydrogens is 380 g/mol. The fourth-order valence-electron chi connectivity index (χ4n) is 2.53. The molecule has 2 aromatic carbocycles. The number of benzene rings is 2. The van der Waals surface area contributed by atoms with Crippen molar-refractivity contribution < 1.29 is 9.59 Å². The maximum absolute atomic E-state index is 12.1. The number of hydrogen-bond acceptors (Lipinski definition) is 5. The number of tetrazole rings is 1. The van der Waals surface area contributed by atoms with Crippen molar-refractivity contribution in [2.45, 2.75) is 19.9 Å². The first-order valence-electron chi connectivity index (χ1n) is 8.73. The first-order valence-corrected chi connectivity index (χ1v) is 9.11. The highest BCUT2D eigenvalue weighted by molar-refractivity contribution is 6.30. The maximum Gasteiger partial charge on any atom is 0.244 e. The van der Waals surface area contributed by atoms with Gasteiger partial charge in [-0.25, -0.2) is 0 Å². The zero-order valence-corrected chi connectivity index (χ0v) is 16.0. The zero-order chi connectivity index (χ0) is 19.9. The van der Waals surface area contributed by atoms with Crippen LogP contribution in [0.1, 0.15) is 12.5 Å². The van der Waals surface area contributed by atoms with E-state index in [2.05, 4.69) is 26.0 Å². The minimum Gasteiger partial charge on any atom is -0.345 e. The SMILES string of the molecule is CCc1ccccc1NC(=O)CNC(=O)Cn1nnc(-c2ccc(Cl)cc2)n1. The molecule has 0 saturated heterocycles. The Hall–Kier alpha value is -3.26. The molecule has 0 fully saturated rings. The fourth-order valence-corrected chi connectivity index (χ4v) is 2.66. The molecule has 3 rings (SSSR count). The van der Waals surface area contributed by atoms with Gasteiger partial charge in [0.05, 0.1) is 6.54 Å². The van der Waals surface area contributed by atoms with Crippen LogP contribution in [0, 0.1) is 0 Å². The van der Waals surface area contributed by atoms with Crippen molar-refractivity contribution in [1.82, 2.24) is 25.5 Å². The molecule has 0 spiro atoms. The van der Waals surface area contributed by atoms with Gasteiger partial charge in [-0.05, 0) is 47.5 Å². The number of nitrogens with one attached hydrogen (secondary N) is 2. The number of amides is 2. The number of rotatable bonds is 7. The molecular formula is C19H19ClN6O2. The number of anilines is 1. The number of hydrogen-bond donors (Lipinski definition) is 2. The first-order chi connectivity index (χ1) is 13.5. The van der Waals surface area contributed by atoms with E-state index in [1.165, 1.54) is 4.80 Å². The number of aromatic nitrogens is 4. The molecule has 144 valence electrons. The lowest BCUT2D eigenvalue weighted by Gasteiger charge is -2.10. The molecule has 0 radical (unpaired) electrons. The largest absolute Gasteiger partial charge is 0.345 e. The van der Waals surface area contributed by atoms with Gasteiger partial charge in [-0.3, -0.25) is 9.59 Å². The lowest BCUT2D eigenvalue weighted by atomic mass is 10.1. The summed E-state index contributed by atoms with van der Waals surface area (Å²) >= 11 is 5.85. The molecule has 2 amide bonds. The van der Waals surface area contributed by atoms with Gasteiger partial charge in [-0.2, -0.15) is 4.80 Å². The molecule has 3 aromatic rings. The van der Waals surface area contributed by atoms with Crippen LogP contribution in [0.2, 0.25) is 5.02 Å². The van der Waals surface area contributed by atoms with E-state index in [1.54, 1.807) is 24.3 Å². The van der Waals surface area contributed by atoms with Crippen LogP contribution in [0.4, 0.5) is 5.69 Å². The van der Waals surface area contributed by atoms with Crippen molar-refractivity contribution in [1.29, 1.82) is 0 Å². The average Bonchev–Trinajstić information content (AvgIpc) is 3.16. The van der Waals surface area contributed by atoms with Gasteiger partial charge >= 0.3 is 0 Å². The fraction of sp³-hybridized carbons (Fsp3) is 0.211. The summed E-state index contributed by atoms with van der Waals surface area (Å²) in [4.78, 5) is 25.3. The van der Waals surface area contributed by atoms with Crippen LogP contribution in [0.25, 0.3) is 11.4 Å². The summed E-state index contributed by atoms with van der Waals surface area (Å²) in [6.07, 6.45) is 0.802. The summed E-state index contributed by atoms with van der Waals surface area (Å²) in [5.41, 5.74) is 2.52. The molecule has 28 heavy (non-hydrogen) atoms. The highest BCUT2D eigenvalue weighted by Crippen LogP contribution is 2.17. The molecule has 0 bridgehead atoms. The zero-order valence-electron chi connectivity index (χ0n) is 15.2. The number of carbonyl (C=O) groups is 2. The van der Waals surface area contributed by atoms with Crippen LogP contribution in [0.15, 0.2) is 48.5 Å². The monoisotopic (exact) mass is 398 g/mol. The second kappa shape index (κ2) is 9.09. The molecule has 9 heteroatoms. The molecule has 8 nitrogen and oxygen atoms in total. The Morgan fingerprint density at radius 2 is 1.82 bits per heavy atom. The highest BCUT2D eigenvalue weighted by atomic mass is 35.5. The minimum absolute atomic E-state index is 0.139. The Kier molecular flexibility index (Phi) is 6.33. The number of halogens is 1. The number of para-hydroxylation sites is 1. The third kappa shape index (κ3) is 5.14. The molecule has 2 N–H and O–H groups in total. The summed E-state index contributed by atoms with van der Waals surface area (Å²) in [7, 11) is 0. The number of carbonyl (C=O) groups excluding carboxylic acids is 2. The average molecular weight is 399 g/mol. The van der Waals surface area contributed by atoms with Crippen LogP contribution in [-0.4, -0.2) is 38.6 Å². The molecule has 0 aliphatic carbocycles. The minimum atomic E-state index is -0.390. The Balaban J connectivity index is 1.50. The number of nitrogens with zero attached hydrogens (tertiary/aromatic N) is 4. The van der Waals surface area contributed by atoms with Gasteiger partial charge in [-0.1, -0.05) is 36.7 Å². The van der Waals surface area contributed by atoms with Crippen LogP contribution in [-0.2, 0) is 22.6 Å². The summed E-state index contributed by atoms with van der Waals surface area (Å²) in [6.45, 7) is 1.73. The van der Waals surface area contributed by atoms with E-state index in [9.17, 15) is 9.59 Å². The van der Waals surface area contributed by atoms with Gasteiger partial charge in [0, 0.05) is 16.3 Å². The molecule has 0 saturated carbocycles. The quantitative estimate of drug-likeness (QED) is 0.635. The van der Waals surface area contributed by atoms with E-state index >= 15 is 0 Å². The molecule has 0 atom stereocenters. The maximum atomic E-state index is 12.1. The molecule has 1 aromatic heterocycles. The van der Waals surface area contributed by atoms with E-state index in [-0.39, 0.29) is 24.9 Å². The predicted octanol–water partition coefficient (Wildman–Crippen LogP) is 2.31. The van der Waals surface area contributed by atoms with Gasteiger partial charge in [-0.15, -0.1) is 10.2 Å². The van der Waals surface area contributed by atoms with Gasteiger partial charge in [0.2, 0.25) is 17.6 Å². The Morgan fingerprint density at radius 1 is 1.07 bits per heavy atom. The lowest BCUT2D eigenvalue weighted by Crippen LogP contribution is -2.35. The van der Waals surface area contributed by atoms with Crippen LogP contribution in [0.3, 0.4) is 0 Å². The first kappa shape index (κ1) is 19.5. The number of aryl methyl sites for hydroxylation is 1. The summed E-state index contributed by atoms with van der Waals surface area (Å²) < 4.78 is 0. The third-order valence-electron chi connectivity index (χ3n) is 3.96. The van der Waals surface area contributed by atoms with Gasteiger partial charge in [0.25, 0.3) is 0 Å². The lowest BCUT2D eigenvalue weighted by molar-refractivity contribution is -0.124. The predicted molar refractivity (Wildman–Crippen MR) is 106 cm³/mol. The smallest absolute Gasteiger partial charge is 0.244 e. The highest BCUT2D eigenvalue weighted by Gasteiger charge is 2.11. The standard InChI is InChI=1S/C19H19ClN6O2/c1-2-13-5-3-4-6-16(13)22-17(27)11-21-18(28)12-26-24-19(23-25-26)14-7-9-15(20)10-8-14/h3-10H,2,11-12H2,1H3,(H,21,28)(H,22,27). The van der Waals surface area contributed by atoms with Crippen LogP contribution < -0.4 is 10.6 Å². The van der Waals surface area contributed by atoms with Gasteiger partial charge in [0.1, 0.15) is 6.54 Å². The Bertz CT molecular complexity index is 971. The van der Waals surface area contributed by atoms with Crippen molar-refractivity contribution in [2.24, 2.45) is 0 Å². The van der Waals surface area contributed by atoms with E-state index in [4.69, 9.17) is 11.6 Å². The van der Waals surface area contributed by atoms with Crippen LogP contribution >= 0.6 is 11.6 Å². The van der Waals surface area contributed by atoms with Gasteiger partial charge in [0.15, 0.2) is 0 Å². The van der Waals surface area contributed by atoms with Gasteiger partial charge < -0.3 is 10.6 Å². The second-order valence-corrected chi connectivity index (χ2v) is 6.42. The molecule has 0 aliphatic rings. The second-order valence-electron chi connectivity index (χ2n) is 5.99. The van der Waals surface area contributed by atoms with Crippen LogP contribution in [0.5, 0.6) is 0 Å². The Labute approximate surface area is 166 Å². The van der Waals surface area contributed by atoms with Crippen molar-refractivity contribution in [2.75, 3.05) is 11.9 Å². The summed E-state index contributed by atoms with van der Waals surface area (Å²) in [6, 6.07) is 14.5. The summed E-state index contributed by atoms with van der Waals surface area (Å²) in [5.74, 6) is -0.306. The van der Waals surface area contributed by atoms with E-state index < -0.39 is 0 Å². The van der Waals surface area contributed by atoms with Crippen molar-refractivity contribution in [3.8, 4) is 11.4 Å². The van der Waals surface area contributed by atoms with Crippen molar-refractivity contribution in [3.05, 3.63) is 59.1 Å². The molecule has 0 unspecified atom stereocenters. The van der Waals surface area contributed by atoms with E-state index in [0.29, 0.717) is 10.8 Å². The third-order valence-corrected chi connectivity index (χ3v) is 4.21. The van der Waals surface area contributed by atoms with Crippen molar-refractivity contribution in [3.63, 3.8) is 0 Å². The summed E-state index contributed by atoms with van der Waals surface area (Å²) in [5, 5.41) is 17.9. The normalized spacial score (nSPS) is 10.5.